The van der Waals surface area contributed by atoms with Gasteiger partial charge in [0.2, 0.25) is 5.12 Å². The molecule has 5 heterocycles. The van der Waals surface area contributed by atoms with Gasteiger partial charge in [-0.05, 0) is 6.54 Å². The molecule has 0 aromatic carbocycles. The zero-order valence-electron chi connectivity index (χ0n) is 19.1. The van der Waals surface area contributed by atoms with Crippen LogP contribution in [0.4, 0.5) is 0 Å². The first-order valence-corrected chi connectivity index (χ1v) is 13.4. The average Bonchev–Trinajstić information content (AvgIpc) is 3.20. The number of carboxylic acid groups (broad SMARTS) is 2. The number of carboxylic acids is 2. The predicted octanol–water partition coefficient (Wildman–Crippen LogP) is -0.922. The van der Waals surface area contributed by atoms with Crippen LogP contribution in [0.3, 0.4) is 0 Å². The normalized spacial score (nSPS) is 34.2. The van der Waals surface area contributed by atoms with Crippen LogP contribution in [0.25, 0.3) is 0 Å². The van der Waals surface area contributed by atoms with Gasteiger partial charge in [-0.25, -0.2) is 19.6 Å². The van der Waals surface area contributed by atoms with Crippen molar-refractivity contribution in [2.24, 2.45) is 0 Å². The Labute approximate surface area is 253 Å². The molecule has 2 radical (unpaired) electrons. The van der Waals surface area contributed by atoms with Gasteiger partial charge in [0.1, 0.15) is 18.0 Å². The number of hydroxylamine groups is 2. The number of thioether (sulfide) groups is 3. The van der Waals surface area contributed by atoms with Crippen LogP contribution in [0, 0.1) is 14.1 Å². The van der Waals surface area contributed by atoms with E-state index in [1.807, 2.05) is 19.9 Å². The van der Waals surface area contributed by atoms with Gasteiger partial charge in [-0.15, -0.1) is 40.3 Å². The molecule has 5 aliphatic rings. The molecule has 0 aliphatic carbocycles. The molecule has 0 aromatic rings. The molecular formula is C19H31N7O6S3V2-2. The van der Waals surface area contributed by atoms with E-state index in [0.717, 1.165) is 0 Å². The van der Waals surface area contributed by atoms with Gasteiger partial charge in [0.25, 0.3) is 0 Å². The number of carbonyl (C=O) groups is 2. The van der Waals surface area contributed by atoms with Crippen molar-refractivity contribution in [3.63, 3.8) is 0 Å². The van der Waals surface area contributed by atoms with Gasteiger partial charge in [-0.1, -0.05) is 7.43 Å². The molecule has 5 aliphatic heterocycles. The topological polar surface area (TPSA) is 150 Å². The molecule has 5 N–H and O–H groups in total. The first-order valence-electron chi connectivity index (χ1n) is 10.4. The van der Waals surface area contributed by atoms with E-state index >= 15 is 0 Å². The van der Waals surface area contributed by atoms with Crippen LogP contribution in [0.5, 0.6) is 0 Å². The fourth-order valence-electron chi connectivity index (χ4n) is 4.33. The Bertz CT molecular complexity index is 865. The molecule has 0 amide bonds. The van der Waals surface area contributed by atoms with E-state index < -0.39 is 33.5 Å². The van der Waals surface area contributed by atoms with E-state index in [1.54, 1.807) is 29.5 Å². The van der Waals surface area contributed by atoms with Gasteiger partial charge in [-0.3, -0.25) is 33.8 Å². The number of aliphatic carboxylic acids is 2. The Kier molecular flexibility index (Phi) is 14.1. The summed E-state index contributed by atoms with van der Waals surface area (Å²) in [5.41, 5.74) is 2.79. The van der Waals surface area contributed by atoms with Gasteiger partial charge in [-0.2, -0.15) is 0 Å². The number of nitrogens with zero attached hydrogens (tertiary/aromatic N) is 4. The molecule has 5 saturated heterocycles. The molecule has 18 heteroatoms. The van der Waals surface area contributed by atoms with Gasteiger partial charge in [0.05, 0.1) is 19.9 Å². The van der Waals surface area contributed by atoms with E-state index in [-0.39, 0.29) is 50.6 Å². The third kappa shape index (κ3) is 6.46. The molecule has 208 valence electrons. The van der Waals surface area contributed by atoms with E-state index in [1.165, 1.54) is 17.8 Å². The standard InChI is InChI=1S/C9H15N4O3S.C9H12N3O3S2.CH4.2V/c1-10-2-6-3-16-13-5-12-7(8(14)15)4-17-9(12,13)11-6;1-10-12-6-11-7(8(14)15)5-17-9(11,12)16-4-2-3-13;;;/h6-7,10-11H,1-5H2,(H,14,15);2,7,10H,1,4-6H2,(H,14,15);1H4;;/q2*-1;;;/t6?,7?,9-;7?,9-;;;/m00.../s1. The van der Waals surface area contributed by atoms with Crippen LogP contribution < -0.4 is 16.1 Å². The quantitative estimate of drug-likeness (QED) is 0.163. The molecule has 5 atom stereocenters. The summed E-state index contributed by atoms with van der Waals surface area (Å²) >= 11 is 4.61. The van der Waals surface area contributed by atoms with E-state index in [4.69, 9.17) is 15.1 Å². The number of carbonyl (C=O) groups excluding carboxylic acids is 1. The molecule has 0 bridgehead atoms. The van der Waals surface area contributed by atoms with Crippen molar-refractivity contribution in [2.75, 3.05) is 43.7 Å². The summed E-state index contributed by atoms with van der Waals surface area (Å²) < 4.78 is -0.460. The fraction of sp³-hybridized carbons (Fsp3) is 0.684. The molecular weight excluding hydrogens is 620 g/mol. The van der Waals surface area contributed by atoms with Crippen molar-refractivity contribution in [1.29, 1.82) is 0 Å². The van der Waals surface area contributed by atoms with E-state index in [2.05, 4.69) is 30.2 Å². The minimum absolute atomic E-state index is 0. The largest absolute Gasteiger partial charge is 0.480 e. The molecule has 0 saturated carbocycles. The van der Waals surface area contributed by atoms with Crippen molar-refractivity contribution >= 4 is 53.2 Å². The van der Waals surface area contributed by atoms with Gasteiger partial charge in [0.15, 0.2) is 4.33 Å². The summed E-state index contributed by atoms with van der Waals surface area (Å²) in [6.07, 6.45) is 1.39. The number of rotatable bonds is 8. The first-order chi connectivity index (χ1) is 16.3. The maximum Gasteiger partial charge on any atom is 0.321 e. The SMILES string of the molecule is C.[CH2-]NCC1CON2CN3C(C(=O)O)CS[C@]23N1.[CH2-]NN1CN2C(C(=O)O)CS[C@]12SCC=C=O.[V].[V]. The number of hydrogen-bond donors (Lipinski definition) is 5. The maximum absolute atomic E-state index is 11.1. The molecule has 0 aromatic heterocycles. The van der Waals surface area contributed by atoms with Gasteiger partial charge in [0, 0.05) is 66.5 Å². The third-order valence-electron chi connectivity index (χ3n) is 6.04. The summed E-state index contributed by atoms with van der Waals surface area (Å²) in [6.45, 7) is 2.34. The Morgan fingerprint density at radius 1 is 1.16 bits per heavy atom. The second kappa shape index (κ2) is 14.8. The van der Waals surface area contributed by atoms with Crippen LogP contribution in [-0.2, 0) is 56.3 Å². The van der Waals surface area contributed by atoms with Crippen LogP contribution in [0.15, 0.2) is 6.08 Å². The van der Waals surface area contributed by atoms with Crippen molar-refractivity contribution in [3.8, 4) is 0 Å². The average molecular weight is 652 g/mol. The smallest absolute Gasteiger partial charge is 0.321 e. The van der Waals surface area contributed by atoms with Crippen LogP contribution in [-0.4, -0.2) is 119 Å². The number of hydrazine groups is 1. The monoisotopic (exact) mass is 651 g/mol. The Hall–Kier alpha value is 0.289. The molecule has 13 nitrogen and oxygen atoms in total. The first kappa shape index (κ1) is 35.3. The van der Waals surface area contributed by atoms with Crippen LogP contribution in [0.2, 0.25) is 0 Å². The van der Waals surface area contributed by atoms with Crippen molar-refractivity contribution in [2.45, 2.75) is 35.0 Å². The summed E-state index contributed by atoms with van der Waals surface area (Å²) in [5, 5.41) is 27.7. The summed E-state index contributed by atoms with van der Waals surface area (Å²) in [5.74, 6) is 1.75. The molecule has 1 spiro atoms. The van der Waals surface area contributed by atoms with Crippen molar-refractivity contribution < 1.29 is 66.5 Å². The zero-order valence-corrected chi connectivity index (χ0v) is 24.4. The number of nitrogens with one attached hydrogen (secondary N) is 3. The number of hydrogen-bond acceptors (Lipinski definition) is 14. The van der Waals surface area contributed by atoms with E-state index in [0.29, 0.717) is 43.7 Å². The van der Waals surface area contributed by atoms with Crippen molar-refractivity contribution in [3.05, 3.63) is 20.2 Å². The summed E-state index contributed by atoms with van der Waals surface area (Å²) in [7, 11) is 7.19. The molecule has 37 heavy (non-hydrogen) atoms. The van der Waals surface area contributed by atoms with Crippen LogP contribution >= 0.6 is 35.3 Å². The number of fused-ring (bicyclic) bond motifs is 1. The second-order valence-electron chi connectivity index (χ2n) is 7.90. The summed E-state index contributed by atoms with van der Waals surface area (Å²) in [6, 6.07) is -0.761. The molecule has 5 fully saturated rings. The molecule has 3 unspecified atom stereocenters. The van der Waals surface area contributed by atoms with Gasteiger partial charge >= 0.3 is 11.9 Å². The van der Waals surface area contributed by atoms with Crippen molar-refractivity contribution in [1.82, 2.24) is 35.9 Å². The second-order valence-corrected chi connectivity index (χ2v) is 11.7. The molecule has 5 rings (SSSR count). The Balaban J connectivity index is 0.000000342. The predicted molar refractivity (Wildman–Crippen MR) is 134 cm³/mol. The van der Waals surface area contributed by atoms with Crippen LogP contribution in [0.1, 0.15) is 7.43 Å². The Morgan fingerprint density at radius 2 is 1.81 bits per heavy atom. The minimum atomic E-state index is -0.811. The fourth-order valence-corrected chi connectivity index (χ4v) is 8.96. The third-order valence-corrected chi connectivity index (χ3v) is 10.7. The Morgan fingerprint density at radius 3 is 2.41 bits per heavy atom. The minimum Gasteiger partial charge on any atom is -0.480 e. The summed E-state index contributed by atoms with van der Waals surface area (Å²) in [4.78, 5) is 41.8. The van der Waals surface area contributed by atoms with Gasteiger partial charge < -0.3 is 21.0 Å². The zero-order chi connectivity index (χ0) is 24.5. The maximum atomic E-state index is 11.1. The van der Waals surface area contributed by atoms with E-state index in [9.17, 15) is 14.4 Å².